The van der Waals surface area contributed by atoms with E-state index < -0.39 is 113 Å². The number of benzene rings is 1. The molecular formula is C30H49N7O14. The van der Waals surface area contributed by atoms with Gasteiger partial charge in [-0.2, -0.15) is 0 Å². The molecule has 1 aromatic carbocycles. The molecule has 3 fully saturated rings. The molecule has 0 amide bonds. The van der Waals surface area contributed by atoms with Crippen LogP contribution in [0.4, 0.5) is 17.1 Å². The number of hydrogen-bond donors (Lipinski definition) is 9. The molecule has 0 bridgehead atoms. The van der Waals surface area contributed by atoms with Gasteiger partial charge in [0.05, 0.1) is 34.1 Å². The van der Waals surface area contributed by atoms with Crippen molar-refractivity contribution >= 4 is 23.0 Å². The molecule has 4 rings (SSSR count). The number of carbonyl (C=O) groups excluding carboxylic acids is 1. The van der Waals surface area contributed by atoms with Crippen molar-refractivity contribution < 1.29 is 58.8 Å². The highest BCUT2D eigenvalue weighted by Crippen LogP contribution is 2.33. The lowest BCUT2D eigenvalue weighted by molar-refractivity contribution is -0.393. The number of hydrogen-bond acceptors (Lipinski definition) is 19. The maximum atomic E-state index is 12.1. The van der Waals surface area contributed by atoms with E-state index in [1.807, 2.05) is 6.92 Å². The number of unbranched alkanes of at least 4 members (excludes halogenated alkanes) is 2. The molecule has 1 aromatic rings. The second kappa shape index (κ2) is 18.0. The van der Waals surface area contributed by atoms with E-state index in [-0.39, 0.29) is 38.1 Å². The SMILES string of the molecule is CCCCCC(=O)OC[C@H]1O[C@H](O[C@@H]2[C@@H](O)[C@H](O[C@H]3O[C@H](CNc4ccc([N+](=O)[O-])cc4[N+](=O)[O-])[C@@H](O)C[C@H]3N)[C@@H](N)C[C@H]2N)[C@H](O)[C@@H](N)[C@@H]1O. The molecule has 2 heterocycles. The van der Waals surface area contributed by atoms with Crippen molar-refractivity contribution in [1.29, 1.82) is 0 Å². The number of aliphatic hydroxyl groups is 4. The highest BCUT2D eigenvalue weighted by atomic mass is 16.7. The Kier molecular flexibility index (Phi) is 14.3. The molecule has 0 aromatic heterocycles. The lowest BCUT2D eigenvalue weighted by Gasteiger charge is -2.48. The number of anilines is 1. The Morgan fingerprint density at radius 1 is 0.882 bits per heavy atom. The van der Waals surface area contributed by atoms with Gasteiger partial charge in [-0.3, -0.25) is 25.0 Å². The van der Waals surface area contributed by atoms with Crippen LogP contribution in [0.2, 0.25) is 0 Å². The lowest BCUT2D eigenvalue weighted by Crippen LogP contribution is -2.68. The van der Waals surface area contributed by atoms with Crippen LogP contribution >= 0.6 is 0 Å². The summed E-state index contributed by atoms with van der Waals surface area (Å²) in [6.07, 6.45) is -10.5. The molecule has 13 N–H and O–H groups in total. The van der Waals surface area contributed by atoms with Crippen LogP contribution in [0.1, 0.15) is 45.4 Å². The number of ether oxygens (including phenoxy) is 5. The summed E-state index contributed by atoms with van der Waals surface area (Å²) in [7, 11) is 0. The number of nitro benzene ring substituents is 2. The van der Waals surface area contributed by atoms with Gasteiger partial charge in [0, 0.05) is 31.1 Å². The first kappa shape index (κ1) is 40.6. The Hall–Kier alpha value is -3.19. The zero-order valence-electron chi connectivity index (χ0n) is 28.0. The molecule has 0 radical (unpaired) electrons. The topological polar surface area (TPSA) is 347 Å². The maximum Gasteiger partial charge on any atom is 0.305 e. The average molecular weight is 732 g/mol. The van der Waals surface area contributed by atoms with Gasteiger partial charge in [-0.1, -0.05) is 19.8 Å². The van der Waals surface area contributed by atoms with Crippen molar-refractivity contribution in [3.63, 3.8) is 0 Å². The third kappa shape index (κ3) is 10.0. The Morgan fingerprint density at radius 2 is 1.53 bits per heavy atom. The van der Waals surface area contributed by atoms with E-state index in [1.54, 1.807) is 0 Å². The summed E-state index contributed by atoms with van der Waals surface area (Å²) in [5, 5.41) is 68.8. The first-order valence-corrected chi connectivity index (χ1v) is 16.8. The van der Waals surface area contributed by atoms with E-state index in [0.717, 1.165) is 31.0 Å². The molecular weight excluding hydrogens is 682 g/mol. The molecule has 21 heteroatoms. The van der Waals surface area contributed by atoms with Gasteiger partial charge in [-0.05, 0) is 25.3 Å². The van der Waals surface area contributed by atoms with Crippen molar-refractivity contribution in [2.45, 2.75) is 131 Å². The van der Waals surface area contributed by atoms with Crippen molar-refractivity contribution in [1.82, 2.24) is 0 Å². The zero-order valence-corrected chi connectivity index (χ0v) is 28.0. The number of rotatable bonds is 15. The van der Waals surface area contributed by atoms with Gasteiger partial charge in [0.2, 0.25) is 0 Å². The van der Waals surface area contributed by atoms with Gasteiger partial charge in [-0.15, -0.1) is 0 Å². The summed E-state index contributed by atoms with van der Waals surface area (Å²) in [4.78, 5) is 33.2. The fraction of sp³-hybridized carbons (Fsp3) is 0.767. The standard InChI is InChI=1S/C30H49N7O14/c1-2-3-4-5-22(39)47-12-21-24(40)23(34)25(41)30(49-21)51-28-15(32)9-14(31)27(26(28)42)50-29-16(33)10-19(38)20(48-29)11-35-17-7-6-13(36(43)44)8-18(17)37(45)46/h6-8,14-16,19-21,23-30,35,38,40-42H,2-5,9-12,31-34H2,1H3/t14-,15+,16+,19-,20+,21+,23-,24+,25+,26-,27+,28-,29+,30+/m0/s1. The number of nitrogens with zero attached hydrogens (tertiary/aromatic N) is 2. The second-order valence-electron chi connectivity index (χ2n) is 13.1. The van der Waals surface area contributed by atoms with Gasteiger partial charge >= 0.3 is 5.97 Å². The zero-order chi connectivity index (χ0) is 37.6. The number of carbonyl (C=O) groups is 1. The smallest absolute Gasteiger partial charge is 0.305 e. The van der Waals surface area contributed by atoms with Crippen LogP contribution in [-0.2, 0) is 28.5 Å². The van der Waals surface area contributed by atoms with Crippen LogP contribution in [0.15, 0.2) is 18.2 Å². The van der Waals surface area contributed by atoms with E-state index >= 15 is 0 Å². The van der Waals surface area contributed by atoms with E-state index in [4.69, 9.17) is 46.6 Å². The monoisotopic (exact) mass is 731 g/mol. The van der Waals surface area contributed by atoms with Crippen LogP contribution in [-0.4, -0.2) is 135 Å². The van der Waals surface area contributed by atoms with E-state index in [2.05, 4.69) is 5.32 Å². The van der Waals surface area contributed by atoms with E-state index in [0.29, 0.717) is 6.42 Å². The highest BCUT2D eigenvalue weighted by Gasteiger charge is 2.50. The predicted octanol–water partition coefficient (Wildman–Crippen LogP) is -2.19. The molecule has 1 saturated carbocycles. The van der Waals surface area contributed by atoms with Crippen LogP contribution in [0.3, 0.4) is 0 Å². The molecule has 2 aliphatic heterocycles. The fourth-order valence-corrected chi connectivity index (χ4v) is 6.30. The predicted molar refractivity (Wildman–Crippen MR) is 176 cm³/mol. The van der Waals surface area contributed by atoms with Gasteiger partial charge in [0.15, 0.2) is 12.6 Å². The highest BCUT2D eigenvalue weighted by molar-refractivity contribution is 5.69. The fourth-order valence-electron chi connectivity index (χ4n) is 6.30. The third-order valence-electron chi connectivity index (χ3n) is 9.28. The van der Waals surface area contributed by atoms with Crippen LogP contribution in [0, 0.1) is 20.2 Å². The molecule has 21 nitrogen and oxygen atoms in total. The largest absolute Gasteiger partial charge is 0.463 e. The van der Waals surface area contributed by atoms with Gasteiger partial charge in [0.25, 0.3) is 11.4 Å². The molecule has 2 saturated heterocycles. The van der Waals surface area contributed by atoms with E-state index in [1.165, 1.54) is 0 Å². The van der Waals surface area contributed by atoms with Gasteiger partial charge < -0.3 is 72.4 Å². The number of aliphatic hydroxyl groups excluding tert-OH is 4. The Labute approximate surface area is 292 Å². The Morgan fingerprint density at radius 3 is 2.16 bits per heavy atom. The summed E-state index contributed by atoms with van der Waals surface area (Å²) in [5.74, 6) is -0.489. The van der Waals surface area contributed by atoms with Gasteiger partial charge in [-0.25, -0.2) is 0 Å². The summed E-state index contributed by atoms with van der Waals surface area (Å²) >= 11 is 0. The summed E-state index contributed by atoms with van der Waals surface area (Å²) in [6, 6.07) is -0.879. The summed E-state index contributed by atoms with van der Waals surface area (Å²) in [6.45, 7) is 1.44. The Balaban J connectivity index is 1.40. The first-order valence-electron chi connectivity index (χ1n) is 16.8. The number of non-ortho nitro benzene ring substituents is 1. The molecule has 14 atom stereocenters. The number of nitrogens with two attached hydrogens (primary N) is 4. The molecule has 3 aliphatic rings. The molecule has 1 aliphatic carbocycles. The minimum absolute atomic E-state index is 0.0379. The molecule has 51 heavy (non-hydrogen) atoms. The van der Waals surface area contributed by atoms with Crippen molar-refractivity contribution in [2.75, 3.05) is 18.5 Å². The number of nitrogens with one attached hydrogen (secondary N) is 1. The number of nitro groups is 2. The molecule has 0 spiro atoms. The van der Waals surface area contributed by atoms with Gasteiger partial charge in [0.1, 0.15) is 55.0 Å². The molecule has 288 valence electrons. The summed E-state index contributed by atoms with van der Waals surface area (Å²) in [5.41, 5.74) is 23.8. The van der Waals surface area contributed by atoms with E-state index in [9.17, 15) is 45.4 Å². The van der Waals surface area contributed by atoms with Crippen LogP contribution in [0.25, 0.3) is 0 Å². The maximum absolute atomic E-state index is 12.1. The van der Waals surface area contributed by atoms with Crippen LogP contribution in [0.5, 0.6) is 0 Å². The van der Waals surface area contributed by atoms with Crippen molar-refractivity contribution in [3.05, 3.63) is 38.4 Å². The number of esters is 1. The molecule has 0 unspecified atom stereocenters. The van der Waals surface area contributed by atoms with Crippen molar-refractivity contribution in [3.8, 4) is 0 Å². The minimum Gasteiger partial charge on any atom is -0.463 e. The average Bonchev–Trinajstić information content (AvgIpc) is 3.08. The second-order valence-corrected chi connectivity index (χ2v) is 13.1. The normalized spacial score (nSPS) is 37.0. The first-order chi connectivity index (χ1) is 24.1. The lowest BCUT2D eigenvalue weighted by atomic mass is 9.84. The minimum atomic E-state index is -1.57. The Bertz CT molecular complexity index is 1350. The summed E-state index contributed by atoms with van der Waals surface area (Å²) < 4.78 is 28.9. The van der Waals surface area contributed by atoms with Crippen molar-refractivity contribution in [2.24, 2.45) is 22.9 Å². The third-order valence-corrected chi connectivity index (χ3v) is 9.28. The van der Waals surface area contributed by atoms with Crippen LogP contribution < -0.4 is 28.3 Å². The quantitative estimate of drug-likeness (QED) is 0.0400.